The number of rotatable bonds is 3. The lowest BCUT2D eigenvalue weighted by atomic mass is 10.1. The highest BCUT2D eigenvalue weighted by Crippen LogP contribution is 2.24. The van der Waals surface area contributed by atoms with Gasteiger partial charge < -0.3 is 5.32 Å². The second-order valence-electron chi connectivity index (χ2n) is 5.12. The van der Waals surface area contributed by atoms with Crippen molar-refractivity contribution in [3.63, 3.8) is 0 Å². The van der Waals surface area contributed by atoms with E-state index in [1.807, 2.05) is 19.1 Å². The summed E-state index contributed by atoms with van der Waals surface area (Å²) in [7, 11) is 0. The zero-order valence-corrected chi connectivity index (χ0v) is 13.2. The number of benzene rings is 3. The van der Waals surface area contributed by atoms with Crippen molar-refractivity contribution in [2.24, 2.45) is 0 Å². The fraction of sp³-hybridized carbons (Fsp3) is 0.111. The van der Waals surface area contributed by atoms with E-state index < -0.39 is 0 Å². The maximum atomic E-state index is 13.6. The molecule has 0 spiro atoms. The van der Waals surface area contributed by atoms with Crippen LogP contribution in [-0.2, 0) is 6.54 Å². The van der Waals surface area contributed by atoms with Crippen LogP contribution in [0.15, 0.2) is 59.1 Å². The van der Waals surface area contributed by atoms with E-state index in [4.69, 9.17) is 0 Å². The van der Waals surface area contributed by atoms with E-state index in [9.17, 15) is 4.39 Å². The second-order valence-corrected chi connectivity index (χ2v) is 5.97. The van der Waals surface area contributed by atoms with Gasteiger partial charge in [-0.3, -0.25) is 0 Å². The largest absolute Gasteiger partial charge is 0.381 e. The van der Waals surface area contributed by atoms with E-state index in [0.717, 1.165) is 11.3 Å². The van der Waals surface area contributed by atoms with E-state index in [-0.39, 0.29) is 5.82 Å². The average Bonchev–Trinajstić information content (AvgIpc) is 2.49. The van der Waals surface area contributed by atoms with E-state index in [2.05, 4.69) is 51.6 Å². The van der Waals surface area contributed by atoms with E-state index >= 15 is 0 Å². The molecule has 3 aromatic rings. The lowest BCUT2D eigenvalue weighted by molar-refractivity contribution is 0.621. The lowest BCUT2D eigenvalue weighted by Gasteiger charge is -2.11. The molecule has 0 amide bonds. The van der Waals surface area contributed by atoms with Gasteiger partial charge in [0.2, 0.25) is 0 Å². The summed E-state index contributed by atoms with van der Waals surface area (Å²) >= 11 is 3.20. The molecule has 0 radical (unpaired) electrons. The highest BCUT2D eigenvalue weighted by molar-refractivity contribution is 9.10. The van der Waals surface area contributed by atoms with Crippen LogP contribution in [0.5, 0.6) is 0 Å². The van der Waals surface area contributed by atoms with Gasteiger partial charge in [-0.15, -0.1) is 0 Å². The number of halogens is 2. The topological polar surface area (TPSA) is 12.0 Å². The van der Waals surface area contributed by atoms with Crippen LogP contribution >= 0.6 is 15.9 Å². The molecule has 106 valence electrons. The summed E-state index contributed by atoms with van der Waals surface area (Å²) in [6, 6.07) is 18.0. The van der Waals surface area contributed by atoms with Gasteiger partial charge in [-0.2, -0.15) is 0 Å². The fourth-order valence-corrected chi connectivity index (χ4v) is 2.84. The summed E-state index contributed by atoms with van der Waals surface area (Å²) in [5.41, 5.74) is 3.02. The standard InChI is InChI=1S/C18H15BrFN/c1-12-8-16(19)17(20)10-18(12)21-11-13-6-7-14-4-2-3-5-15(14)9-13/h2-10,21H,11H2,1H3. The quantitative estimate of drug-likeness (QED) is 0.646. The molecule has 0 saturated carbocycles. The van der Waals surface area contributed by atoms with Crippen LogP contribution in [0.1, 0.15) is 11.1 Å². The van der Waals surface area contributed by atoms with Gasteiger partial charge >= 0.3 is 0 Å². The van der Waals surface area contributed by atoms with Crippen LogP contribution in [0, 0.1) is 12.7 Å². The van der Waals surface area contributed by atoms with E-state index in [1.165, 1.54) is 22.4 Å². The van der Waals surface area contributed by atoms with Gasteiger partial charge in [0.15, 0.2) is 0 Å². The Bertz CT molecular complexity index is 798. The minimum atomic E-state index is -0.249. The predicted octanol–water partition coefficient (Wildman–Crippen LogP) is 5.66. The van der Waals surface area contributed by atoms with Crippen LogP contribution in [0.2, 0.25) is 0 Å². The van der Waals surface area contributed by atoms with Gasteiger partial charge in [0, 0.05) is 12.2 Å². The fourth-order valence-electron chi connectivity index (χ4n) is 2.38. The molecule has 0 fully saturated rings. The van der Waals surface area contributed by atoms with Crippen molar-refractivity contribution in [2.75, 3.05) is 5.32 Å². The highest BCUT2D eigenvalue weighted by atomic mass is 79.9. The molecule has 1 nitrogen and oxygen atoms in total. The van der Waals surface area contributed by atoms with Crippen LogP contribution in [-0.4, -0.2) is 0 Å². The Hall–Kier alpha value is -1.87. The molecule has 3 heteroatoms. The molecule has 0 aliphatic heterocycles. The van der Waals surface area contributed by atoms with Crippen molar-refractivity contribution < 1.29 is 4.39 Å². The first kappa shape index (κ1) is 14.1. The summed E-state index contributed by atoms with van der Waals surface area (Å²) in [4.78, 5) is 0. The summed E-state index contributed by atoms with van der Waals surface area (Å²) in [6.07, 6.45) is 0. The van der Waals surface area contributed by atoms with Crippen LogP contribution in [0.25, 0.3) is 10.8 Å². The van der Waals surface area contributed by atoms with Crippen LogP contribution in [0.4, 0.5) is 10.1 Å². The van der Waals surface area contributed by atoms with Gasteiger partial charge in [0.25, 0.3) is 0 Å². The average molecular weight is 344 g/mol. The molecule has 0 heterocycles. The number of fused-ring (bicyclic) bond motifs is 1. The van der Waals surface area contributed by atoms with Crippen molar-refractivity contribution in [1.82, 2.24) is 0 Å². The SMILES string of the molecule is Cc1cc(Br)c(F)cc1NCc1ccc2ccccc2c1. The number of nitrogens with one attached hydrogen (secondary N) is 1. The Morgan fingerprint density at radius 2 is 1.76 bits per heavy atom. The summed E-state index contributed by atoms with van der Waals surface area (Å²) in [5.74, 6) is -0.249. The zero-order chi connectivity index (χ0) is 14.8. The maximum Gasteiger partial charge on any atom is 0.139 e. The Labute approximate surface area is 131 Å². The third kappa shape index (κ3) is 3.08. The van der Waals surface area contributed by atoms with Crippen LogP contribution in [0.3, 0.4) is 0 Å². The zero-order valence-electron chi connectivity index (χ0n) is 11.7. The molecule has 1 N–H and O–H groups in total. The van der Waals surface area contributed by atoms with Crippen LogP contribution < -0.4 is 5.32 Å². The molecule has 21 heavy (non-hydrogen) atoms. The normalized spacial score (nSPS) is 10.8. The minimum absolute atomic E-state index is 0.249. The highest BCUT2D eigenvalue weighted by Gasteiger charge is 2.05. The first-order valence-electron chi connectivity index (χ1n) is 6.81. The number of hydrogen-bond acceptors (Lipinski definition) is 1. The molecule has 0 atom stereocenters. The molecule has 0 aromatic heterocycles. The summed E-state index contributed by atoms with van der Waals surface area (Å²) in [5, 5.41) is 5.75. The Balaban J connectivity index is 1.81. The number of anilines is 1. The van der Waals surface area contributed by atoms with Crippen molar-refractivity contribution >= 4 is 32.4 Å². The monoisotopic (exact) mass is 343 g/mol. The Morgan fingerprint density at radius 1 is 1.00 bits per heavy atom. The van der Waals surface area contributed by atoms with E-state index in [1.54, 1.807) is 6.07 Å². The Kier molecular flexibility index (Phi) is 3.93. The third-order valence-electron chi connectivity index (χ3n) is 3.56. The first-order valence-corrected chi connectivity index (χ1v) is 7.60. The van der Waals surface area contributed by atoms with Gasteiger partial charge in [-0.25, -0.2) is 4.39 Å². The van der Waals surface area contributed by atoms with Crippen molar-refractivity contribution in [3.8, 4) is 0 Å². The predicted molar refractivity (Wildman–Crippen MR) is 90.1 cm³/mol. The van der Waals surface area contributed by atoms with Crippen molar-refractivity contribution in [3.05, 3.63) is 76.0 Å². The molecular weight excluding hydrogens is 329 g/mol. The smallest absolute Gasteiger partial charge is 0.139 e. The van der Waals surface area contributed by atoms with Crippen molar-refractivity contribution in [2.45, 2.75) is 13.5 Å². The molecule has 0 unspecified atom stereocenters. The maximum absolute atomic E-state index is 13.6. The first-order chi connectivity index (χ1) is 10.1. The van der Waals surface area contributed by atoms with Gasteiger partial charge in [-0.05, 0) is 63.0 Å². The van der Waals surface area contributed by atoms with Gasteiger partial charge in [0.1, 0.15) is 5.82 Å². The number of hydrogen-bond donors (Lipinski definition) is 1. The lowest BCUT2D eigenvalue weighted by Crippen LogP contribution is -2.01. The summed E-state index contributed by atoms with van der Waals surface area (Å²) in [6.45, 7) is 2.64. The summed E-state index contributed by atoms with van der Waals surface area (Å²) < 4.78 is 14.1. The number of aryl methyl sites for hydroxylation is 1. The second kappa shape index (κ2) is 5.86. The Morgan fingerprint density at radius 3 is 2.57 bits per heavy atom. The third-order valence-corrected chi connectivity index (χ3v) is 4.17. The molecule has 0 saturated heterocycles. The molecular formula is C18H15BrFN. The van der Waals surface area contributed by atoms with Crippen molar-refractivity contribution in [1.29, 1.82) is 0 Å². The molecule has 0 aliphatic carbocycles. The molecule has 3 rings (SSSR count). The van der Waals surface area contributed by atoms with Gasteiger partial charge in [-0.1, -0.05) is 36.4 Å². The van der Waals surface area contributed by atoms with Gasteiger partial charge in [0.05, 0.1) is 4.47 Å². The molecule has 0 bridgehead atoms. The molecule has 0 aliphatic rings. The minimum Gasteiger partial charge on any atom is -0.381 e. The molecule has 3 aromatic carbocycles. The van der Waals surface area contributed by atoms with E-state index in [0.29, 0.717) is 11.0 Å².